The largest absolute Gasteiger partial charge is 0.435 e. The summed E-state index contributed by atoms with van der Waals surface area (Å²) in [6.45, 7) is -2.71. The van der Waals surface area contributed by atoms with Crippen LogP contribution in [0.5, 0.6) is 0 Å². The van der Waals surface area contributed by atoms with Crippen molar-refractivity contribution in [2.75, 3.05) is 19.8 Å². The van der Waals surface area contributed by atoms with E-state index in [0.29, 0.717) is 6.07 Å². The summed E-state index contributed by atoms with van der Waals surface area (Å²) in [7, 11) is 0. The quantitative estimate of drug-likeness (QED) is 0.524. The fraction of sp³-hybridized carbons (Fsp3) is 0.600. The van der Waals surface area contributed by atoms with Gasteiger partial charge in [0.1, 0.15) is 12.1 Å². The highest BCUT2D eigenvalue weighted by Crippen LogP contribution is 2.27. The molecule has 0 bridgehead atoms. The normalized spacial score (nSPS) is 12.5. The van der Waals surface area contributed by atoms with Crippen LogP contribution in [0.15, 0.2) is 12.3 Å². The number of carbonyl (C=O) groups is 1. The first-order valence-corrected chi connectivity index (χ1v) is 5.50. The second kappa shape index (κ2) is 6.20. The van der Waals surface area contributed by atoms with Gasteiger partial charge in [-0.05, 0) is 6.07 Å². The second-order valence-electron chi connectivity index (χ2n) is 4.20. The number of amides is 1. The Morgan fingerprint density at radius 3 is 2.20 bits per heavy atom. The highest BCUT2D eigenvalue weighted by atomic mass is 19.4. The first kappa shape index (κ1) is 16.4. The molecule has 0 atom stereocenters. The maximum Gasteiger partial charge on any atom is 0.435 e. The van der Waals surface area contributed by atoms with Gasteiger partial charge in [-0.2, -0.15) is 18.3 Å². The molecule has 0 fully saturated rings. The molecule has 0 aliphatic heterocycles. The molecule has 0 saturated carbocycles. The average Bonchev–Trinajstić information content (AvgIpc) is 2.84. The summed E-state index contributed by atoms with van der Waals surface area (Å²) in [6, 6.07) is 0.713. The van der Waals surface area contributed by atoms with Crippen LogP contribution in [0.1, 0.15) is 5.69 Å². The van der Waals surface area contributed by atoms with Crippen molar-refractivity contribution in [1.29, 1.82) is 0 Å². The molecule has 1 aromatic heterocycles. The molecule has 1 aromatic rings. The predicted molar refractivity (Wildman–Crippen MR) is 59.4 cm³/mol. The molecule has 1 amide bonds. The number of aliphatic hydroxyl groups excluding tert-OH is 3. The van der Waals surface area contributed by atoms with E-state index in [0.717, 1.165) is 10.9 Å². The third-order valence-electron chi connectivity index (χ3n) is 2.55. The molecule has 20 heavy (non-hydrogen) atoms. The summed E-state index contributed by atoms with van der Waals surface area (Å²) in [4.78, 5) is 11.6. The number of halogens is 3. The van der Waals surface area contributed by atoms with Crippen molar-refractivity contribution >= 4 is 5.91 Å². The van der Waals surface area contributed by atoms with Crippen LogP contribution in [0, 0.1) is 0 Å². The average molecular weight is 297 g/mol. The van der Waals surface area contributed by atoms with E-state index in [4.69, 9.17) is 15.3 Å². The lowest BCUT2D eigenvalue weighted by atomic mass is 10.0. The molecule has 0 aliphatic rings. The van der Waals surface area contributed by atoms with E-state index in [9.17, 15) is 18.0 Å². The van der Waals surface area contributed by atoms with Crippen LogP contribution in [0.4, 0.5) is 13.2 Å². The first-order chi connectivity index (χ1) is 9.26. The molecule has 0 radical (unpaired) electrons. The highest BCUT2D eigenvalue weighted by Gasteiger charge is 2.34. The SMILES string of the molecule is O=C(Cn1ccc(C(F)(F)F)n1)NC(CO)(CO)CO. The highest BCUT2D eigenvalue weighted by molar-refractivity contribution is 5.76. The van der Waals surface area contributed by atoms with E-state index in [1.54, 1.807) is 0 Å². The van der Waals surface area contributed by atoms with E-state index in [1.165, 1.54) is 0 Å². The van der Waals surface area contributed by atoms with Gasteiger partial charge in [0.05, 0.1) is 19.8 Å². The number of aromatic nitrogens is 2. The van der Waals surface area contributed by atoms with Gasteiger partial charge in [0.25, 0.3) is 0 Å². The van der Waals surface area contributed by atoms with Gasteiger partial charge < -0.3 is 20.6 Å². The summed E-state index contributed by atoms with van der Waals surface area (Å²) < 4.78 is 37.7. The Hall–Kier alpha value is -1.65. The second-order valence-corrected chi connectivity index (χ2v) is 4.20. The standard InChI is InChI=1S/C10H14F3N3O4/c11-10(12,13)7-1-2-16(15-7)3-8(20)14-9(4-17,5-18)6-19/h1-2,17-19H,3-6H2,(H,14,20). The first-order valence-electron chi connectivity index (χ1n) is 5.50. The number of aliphatic hydroxyl groups is 3. The van der Waals surface area contributed by atoms with Gasteiger partial charge in [-0.1, -0.05) is 0 Å². The lowest BCUT2D eigenvalue weighted by Crippen LogP contribution is -2.57. The monoisotopic (exact) mass is 297 g/mol. The Balaban J connectivity index is 2.69. The molecule has 0 saturated heterocycles. The van der Waals surface area contributed by atoms with Crippen molar-refractivity contribution in [3.8, 4) is 0 Å². The minimum Gasteiger partial charge on any atom is -0.394 e. The minimum atomic E-state index is -4.60. The minimum absolute atomic E-state index is 0.544. The summed E-state index contributed by atoms with van der Waals surface area (Å²) in [5.41, 5.74) is -2.76. The summed E-state index contributed by atoms with van der Waals surface area (Å²) >= 11 is 0. The van der Waals surface area contributed by atoms with Crippen LogP contribution in [0.2, 0.25) is 0 Å². The predicted octanol–water partition coefficient (Wildman–Crippen LogP) is -1.27. The van der Waals surface area contributed by atoms with Gasteiger partial charge in [0.2, 0.25) is 5.91 Å². The van der Waals surface area contributed by atoms with E-state index in [-0.39, 0.29) is 0 Å². The van der Waals surface area contributed by atoms with Crippen LogP contribution < -0.4 is 5.32 Å². The molecule has 0 aliphatic carbocycles. The lowest BCUT2D eigenvalue weighted by Gasteiger charge is -2.28. The number of carbonyl (C=O) groups excluding carboxylic acids is 1. The van der Waals surface area contributed by atoms with Crippen LogP contribution in [-0.2, 0) is 17.5 Å². The van der Waals surface area contributed by atoms with E-state index in [1.807, 2.05) is 0 Å². The maximum absolute atomic E-state index is 12.3. The Morgan fingerprint density at radius 1 is 1.25 bits per heavy atom. The molecule has 1 rings (SSSR count). The van der Waals surface area contributed by atoms with E-state index in [2.05, 4.69) is 10.4 Å². The van der Waals surface area contributed by atoms with Crippen molar-refractivity contribution in [1.82, 2.24) is 15.1 Å². The summed E-state index contributed by atoms with van der Waals surface area (Å²) in [5.74, 6) is -0.807. The third kappa shape index (κ3) is 3.92. The maximum atomic E-state index is 12.3. The van der Waals surface area contributed by atoms with Gasteiger partial charge in [0.15, 0.2) is 5.69 Å². The summed E-state index contributed by atoms with van der Waals surface area (Å²) in [6.07, 6.45) is -3.63. The number of hydrogen-bond donors (Lipinski definition) is 4. The summed E-state index contributed by atoms with van der Waals surface area (Å²) in [5, 5.41) is 32.3. The number of alkyl halides is 3. The van der Waals surface area contributed by atoms with Gasteiger partial charge in [-0.15, -0.1) is 0 Å². The molecule has 0 aromatic carbocycles. The van der Waals surface area contributed by atoms with Crippen molar-refractivity contribution in [2.24, 2.45) is 0 Å². The van der Waals surface area contributed by atoms with Gasteiger partial charge in [0, 0.05) is 6.20 Å². The lowest BCUT2D eigenvalue weighted by molar-refractivity contribution is -0.141. The number of rotatable bonds is 6. The zero-order valence-corrected chi connectivity index (χ0v) is 10.3. The van der Waals surface area contributed by atoms with Crippen molar-refractivity contribution in [3.63, 3.8) is 0 Å². The van der Waals surface area contributed by atoms with Crippen LogP contribution in [-0.4, -0.2) is 56.4 Å². The third-order valence-corrected chi connectivity index (χ3v) is 2.55. The molecule has 10 heteroatoms. The molecule has 7 nitrogen and oxygen atoms in total. The topological polar surface area (TPSA) is 108 Å². The fourth-order valence-corrected chi connectivity index (χ4v) is 1.35. The van der Waals surface area contributed by atoms with Crippen LogP contribution >= 0.6 is 0 Å². The molecule has 4 N–H and O–H groups in total. The van der Waals surface area contributed by atoms with E-state index >= 15 is 0 Å². The fourth-order valence-electron chi connectivity index (χ4n) is 1.35. The Morgan fingerprint density at radius 2 is 1.80 bits per heavy atom. The van der Waals surface area contributed by atoms with Crippen molar-refractivity contribution in [2.45, 2.75) is 18.3 Å². The van der Waals surface area contributed by atoms with Gasteiger partial charge in [-0.3, -0.25) is 9.48 Å². The number of nitrogens with one attached hydrogen (secondary N) is 1. The molecule has 0 spiro atoms. The van der Waals surface area contributed by atoms with E-state index < -0.39 is 49.7 Å². The zero-order chi connectivity index (χ0) is 15.4. The van der Waals surface area contributed by atoms with Gasteiger partial charge in [-0.25, -0.2) is 0 Å². The number of hydrogen-bond acceptors (Lipinski definition) is 5. The number of nitrogens with zero attached hydrogens (tertiary/aromatic N) is 2. The molecule has 0 unspecified atom stereocenters. The van der Waals surface area contributed by atoms with Gasteiger partial charge >= 0.3 is 6.18 Å². The van der Waals surface area contributed by atoms with Crippen molar-refractivity contribution in [3.05, 3.63) is 18.0 Å². The Kier molecular flexibility index (Phi) is 5.09. The smallest absolute Gasteiger partial charge is 0.394 e. The van der Waals surface area contributed by atoms with Crippen LogP contribution in [0.25, 0.3) is 0 Å². The zero-order valence-electron chi connectivity index (χ0n) is 10.3. The Bertz CT molecular complexity index is 449. The van der Waals surface area contributed by atoms with Crippen molar-refractivity contribution < 1.29 is 33.3 Å². The Labute approximate surface area is 111 Å². The van der Waals surface area contributed by atoms with Crippen LogP contribution in [0.3, 0.4) is 0 Å². The molecular formula is C10H14F3N3O4. The molecule has 114 valence electrons. The molecular weight excluding hydrogens is 283 g/mol. The molecule has 1 heterocycles.